The molecule has 0 spiro atoms. The van der Waals surface area contributed by atoms with Gasteiger partial charge in [0.15, 0.2) is 0 Å². The lowest BCUT2D eigenvalue weighted by Crippen LogP contribution is -2.15. The average molecular weight is 269 g/mol. The van der Waals surface area contributed by atoms with Gasteiger partial charge in [0, 0.05) is 18.8 Å². The zero-order valence-electron chi connectivity index (χ0n) is 11.6. The molecule has 0 aliphatic heterocycles. The van der Waals surface area contributed by atoms with E-state index in [1.807, 2.05) is 19.9 Å². The smallest absolute Gasteiger partial charge is 0.258 e. The lowest BCUT2D eigenvalue weighted by atomic mass is 10.2. The molecule has 0 saturated heterocycles. The number of amides is 1. The standard InChI is InChI=1S/C14H15N5O/c1-4-12-9(2)13(19(3)18-12)17-14(20)10-5-6-11(7-15)16-8-10/h5-6,8H,4H2,1-3H3,(H,17,20). The van der Waals surface area contributed by atoms with Crippen LogP contribution in [0.5, 0.6) is 0 Å². The van der Waals surface area contributed by atoms with E-state index in [2.05, 4.69) is 15.4 Å². The minimum atomic E-state index is -0.268. The third-order valence-electron chi connectivity index (χ3n) is 3.09. The van der Waals surface area contributed by atoms with Crippen LogP contribution >= 0.6 is 0 Å². The molecule has 0 aromatic carbocycles. The van der Waals surface area contributed by atoms with Gasteiger partial charge in [-0.25, -0.2) is 4.98 Å². The fourth-order valence-corrected chi connectivity index (χ4v) is 1.97. The zero-order valence-corrected chi connectivity index (χ0v) is 11.6. The van der Waals surface area contributed by atoms with E-state index in [-0.39, 0.29) is 11.6 Å². The fraction of sp³-hybridized carbons (Fsp3) is 0.286. The second kappa shape index (κ2) is 5.53. The maximum Gasteiger partial charge on any atom is 0.258 e. The van der Waals surface area contributed by atoms with Gasteiger partial charge < -0.3 is 5.32 Å². The molecule has 1 N–H and O–H groups in total. The summed E-state index contributed by atoms with van der Waals surface area (Å²) in [4.78, 5) is 16.0. The summed E-state index contributed by atoms with van der Waals surface area (Å²) in [5, 5.41) is 15.9. The summed E-state index contributed by atoms with van der Waals surface area (Å²) in [6.07, 6.45) is 2.20. The van der Waals surface area contributed by atoms with E-state index >= 15 is 0 Å². The first-order valence-electron chi connectivity index (χ1n) is 6.26. The summed E-state index contributed by atoms with van der Waals surface area (Å²) in [5.74, 6) is 0.409. The van der Waals surface area contributed by atoms with Crippen LogP contribution in [-0.2, 0) is 13.5 Å². The first-order chi connectivity index (χ1) is 9.56. The third kappa shape index (κ3) is 2.52. The van der Waals surface area contributed by atoms with E-state index < -0.39 is 0 Å². The summed E-state index contributed by atoms with van der Waals surface area (Å²) >= 11 is 0. The minimum absolute atomic E-state index is 0.268. The number of rotatable bonds is 3. The highest BCUT2D eigenvalue weighted by molar-refractivity contribution is 6.04. The van der Waals surface area contributed by atoms with Crippen molar-refractivity contribution in [2.24, 2.45) is 7.05 Å². The van der Waals surface area contributed by atoms with Crippen molar-refractivity contribution in [3.63, 3.8) is 0 Å². The molecule has 6 nitrogen and oxygen atoms in total. The highest BCUT2D eigenvalue weighted by Gasteiger charge is 2.14. The van der Waals surface area contributed by atoms with Gasteiger partial charge in [-0.15, -0.1) is 0 Å². The summed E-state index contributed by atoms with van der Waals surface area (Å²) < 4.78 is 1.66. The average Bonchev–Trinajstić information content (AvgIpc) is 2.74. The van der Waals surface area contributed by atoms with E-state index in [1.54, 1.807) is 17.8 Å². The molecule has 2 rings (SSSR count). The zero-order chi connectivity index (χ0) is 14.7. The molecule has 0 unspecified atom stereocenters. The van der Waals surface area contributed by atoms with Crippen molar-refractivity contribution in [3.05, 3.63) is 40.8 Å². The topological polar surface area (TPSA) is 83.6 Å². The van der Waals surface area contributed by atoms with Crippen LogP contribution in [0.25, 0.3) is 0 Å². The SMILES string of the molecule is CCc1nn(C)c(NC(=O)c2ccc(C#N)nc2)c1C. The van der Waals surface area contributed by atoms with Crippen LogP contribution in [-0.4, -0.2) is 20.7 Å². The number of nitriles is 1. The van der Waals surface area contributed by atoms with Crippen molar-refractivity contribution >= 4 is 11.7 Å². The molecule has 0 bridgehead atoms. The molecule has 2 heterocycles. The van der Waals surface area contributed by atoms with Gasteiger partial charge in [-0.2, -0.15) is 10.4 Å². The molecule has 0 fully saturated rings. The number of hydrogen-bond donors (Lipinski definition) is 1. The van der Waals surface area contributed by atoms with Crippen molar-refractivity contribution in [2.75, 3.05) is 5.32 Å². The van der Waals surface area contributed by atoms with E-state index in [0.29, 0.717) is 11.4 Å². The lowest BCUT2D eigenvalue weighted by Gasteiger charge is -2.06. The van der Waals surface area contributed by atoms with Gasteiger partial charge in [-0.1, -0.05) is 6.92 Å². The molecule has 6 heteroatoms. The largest absolute Gasteiger partial charge is 0.307 e. The van der Waals surface area contributed by atoms with E-state index in [1.165, 1.54) is 12.3 Å². The van der Waals surface area contributed by atoms with Crippen LogP contribution in [0.2, 0.25) is 0 Å². The number of hydrogen-bond acceptors (Lipinski definition) is 4. The molecule has 0 atom stereocenters. The van der Waals surface area contributed by atoms with Crippen molar-refractivity contribution in [2.45, 2.75) is 20.3 Å². The molecule has 20 heavy (non-hydrogen) atoms. The molecular weight excluding hydrogens is 254 g/mol. The summed E-state index contributed by atoms with van der Waals surface area (Å²) in [5.41, 5.74) is 2.61. The number of nitrogens with zero attached hydrogens (tertiary/aromatic N) is 4. The predicted octanol–water partition coefficient (Wildman–Crippen LogP) is 1.81. The number of aromatic nitrogens is 3. The van der Waals surface area contributed by atoms with Crippen molar-refractivity contribution in [3.8, 4) is 6.07 Å². The maximum atomic E-state index is 12.1. The minimum Gasteiger partial charge on any atom is -0.307 e. The van der Waals surface area contributed by atoms with Crippen LogP contribution in [0.1, 0.15) is 34.2 Å². The van der Waals surface area contributed by atoms with Crippen LogP contribution in [0, 0.1) is 18.3 Å². The highest BCUT2D eigenvalue weighted by atomic mass is 16.1. The Morgan fingerprint density at radius 3 is 2.75 bits per heavy atom. The van der Waals surface area contributed by atoms with Gasteiger partial charge in [0.1, 0.15) is 17.6 Å². The van der Waals surface area contributed by atoms with Crippen molar-refractivity contribution < 1.29 is 4.79 Å². The predicted molar refractivity (Wildman–Crippen MR) is 74.2 cm³/mol. The summed E-state index contributed by atoms with van der Waals surface area (Å²) in [6, 6.07) is 5.01. The Morgan fingerprint density at radius 2 is 2.25 bits per heavy atom. The van der Waals surface area contributed by atoms with Gasteiger partial charge in [0.2, 0.25) is 0 Å². The highest BCUT2D eigenvalue weighted by Crippen LogP contribution is 2.19. The number of anilines is 1. The van der Waals surface area contributed by atoms with E-state index in [9.17, 15) is 4.79 Å². The Morgan fingerprint density at radius 1 is 1.50 bits per heavy atom. The van der Waals surface area contributed by atoms with Gasteiger partial charge >= 0.3 is 0 Å². The van der Waals surface area contributed by atoms with Crippen LogP contribution in [0.4, 0.5) is 5.82 Å². The van der Waals surface area contributed by atoms with Crippen LogP contribution in [0.3, 0.4) is 0 Å². The molecule has 0 aliphatic rings. The Balaban J connectivity index is 2.23. The van der Waals surface area contributed by atoms with Crippen LogP contribution < -0.4 is 5.32 Å². The summed E-state index contributed by atoms with van der Waals surface area (Å²) in [7, 11) is 1.79. The van der Waals surface area contributed by atoms with Crippen molar-refractivity contribution in [1.82, 2.24) is 14.8 Å². The van der Waals surface area contributed by atoms with Gasteiger partial charge in [-0.05, 0) is 25.5 Å². The first kappa shape index (κ1) is 13.7. The normalized spacial score (nSPS) is 10.1. The lowest BCUT2D eigenvalue weighted by molar-refractivity contribution is 0.102. The molecular formula is C14H15N5O. The molecule has 1 amide bonds. The monoisotopic (exact) mass is 269 g/mol. The number of nitrogens with one attached hydrogen (secondary N) is 1. The summed E-state index contributed by atoms with van der Waals surface area (Å²) in [6.45, 7) is 3.95. The van der Waals surface area contributed by atoms with Gasteiger partial charge in [0.25, 0.3) is 5.91 Å². The Labute approximate surface area is 117 Å². The second-order valence-electron chi connectivity index (χ2n) is 4.40. The molecule has 2 aromatic heterocycles. The van der Waals surface area contributed by atoms with Gasteiger partial charge in [-0.3, -0.25) is 9.48 Å². The molecule has 2 aromatic rings. The fourth-order valence-electron chi connectivity index (χ4n) is 1.97. The first-order valence-corrected chi connectivity index (χ1v) is 6.26. The Kier molecular flexibility index (Phi) is 3.80. The number of aryl methyl sites for hydroxylation is 2. The van der Waals surface area contributed by atoms with Gasteiger partial charge in [0.05, 0.1) is 11.3 Å². The quantitative estimate of drug-likeness (QED) is 0.921. The van der Waals surface area contributed by atoms with E-state index in [4.69, 9.17) is 5.26 Å². The Bertz CT molecular complexity index is 679. The number of carbonyl (C=O) groups is 1. The van der Waals surface area contributed by atoms with E-state index in [0.717, 1.165) is 17.7 Å². The molecule has 0 aliphatic carbocycles. The third-order valence-corrected chi connectivity index (χ3v) is 3.09. The van der Waals surface area contributed by atoms with Crippen LogP contribution in [0.15, 0.2) is 18.3 Å². The maximum absolute atomic E-state index is 12.1. The molecule has 0 radical (unpaired) electrons. The molecule has 0 saturated carbocycles. The molecule has 102 valence electrons. The second-order valence-corrected chi connectivity index (χ2v) is 4.40. The number of pyridine rings is 1. The van der Waals surface area contributed by atoms with Crippen molar-refractivity contribution in [1.29, 1.82) is 5.26 Å². The Hall–Kier alpha value is -2.68. The number of carbonyl (C=O) groups excluding carboxylic acids is 1.